The molecule has 2 rings (SSSR count). The third-order valence-electron chi connectivity index (χ3n) is 4.85. The Kier molecular flexibility index (Phi) is 7.35. The van der Waals surface area contributed by atoms with E-state index in [4.69, 9.17) is 5.14 Å². The lowest BCUT2D eigenvalue weighted by Crippen LogP contribution is -2.93. The summed E-state index contributed by atoms with van der Waals surface area (Å²) < 4.78 is 22.6. The molecule has 6 nitrogen and oxygen atoms in total. The Morgan fingerprint density at radius 2 is 1.61 bits per heavy atom. The number of hydrogen-bond donors (Lipinski definition) is 3. The Bertz CT molecular complexity index is 891. The van der Waals surface area contributed by atoms with Crippen molar-refractivity contribution in [2.45, 2.75) is 51.1 Å². The van der Waals surface area contributed by atoms with Gasteiger partial charge >= 0.3 is 0 Å². The molecule has 0 saturated carbocycles. The van der Waals surface area contributed by atoms with Crippen molar-refractivity contribution in [3.05, 3.63) is 59.7 Å². The van der Waals surface area contributed by atoms with Crippen molar-refractivity contribution in [2.75, 3.05) is 5.32 Å². The van der Waals surface area contributed by atoms with Crippen LogP contribution in [0.25, 0.3) is 0 Å². The average Bonchev–Trinajstić information content (AvgIpc) is 2.65. The van der Waals surface area contributed by atoms with E-state index in [0.29, 0.717) is 11.6 Å². The highest BCUT2D eigenvalue weighted by Gasteiger charge is 2.26. The van der Waals surface area contributed by atoms with E-state index in [2.05, 4.69) is 55.7 Å². The van der Waals surface area contributed by atoms with Gasteiger partial charge in [-0.25, -0.2) is 13.6 Å². The Labute approximate surface area is 167 Å². The minimum atomic E-state index is -3.74. The molecule has 2 aromatic carbocycles. The van der Waals surface area contributed by atoms with E-state index in [1.165, 1.54) is 35.4 Å². The lowest BCUT2D eigenvalue weighted by atomic mass is 9.94. The molecular weight excluding hydrogens is 374 g/mol. The van der Waals surface area contributed by atoms with Crippen LogP contribution in [0.15, 0.2) is 53.4 Å². The first kappa shape index (κ1) is 22.1. The van der Waals surface area contributed by atoms with Gasteiger partial charge in [0.2, 0.25) is 10.0 Å². The number of aryl methyl sites for hydroxylation is 1. The Morgan fingerprint density at radius 1 is 1.04 bits per heavy atom. The first-order valence-electron chi connectivity index (χ1n) is 9.49. The zero-order valence-corrected chi connectivity index (χ0v) is 17.7. The predicted octanol–water partition coefficient (Wildman–Crippen LogP) is 2.18. The largest absolute Gasteiger partial charge is 0.330 e. The molecule has 0 radical (unpaired) electrons. The maximum Gasteiger partial charge on any atom is 0.282 e. The number of carbonyl (C=O) groups excluding carboxylic acids is 1. The summed E-state index contributed by atoms with van der Waals surface area (Å²) in [6, 6.07) is 14.2. The number of hydrogen-bond acceptors (Lipinski definition) is 3. The smallest absolute Gasteiger partial charge is 0.282 e. The summed E-state index contributed by atoms with van der Waals surface area (Å²) >= 11 is 0. The van der Waals surface area contributed by atoms with Crippen LogP contribution in [0.3, 0.4) is 0 Å². The minimum Gasteiger partial charge on any atom is -0.330 e. The summed E-state index contributed by atoms with van der Waals surface area (Å²) in [5, 5.41) is 9.99. The first-order chi connectivity index (χ1) is 13.1. The minimum absolute atomic E-state index is 0.0144. The van der Waals surface area contributed by atoms with Crippen molar-refractivity contribution in [1.82, 2.24) is 0 Å². The highest BCUT2D eigenvalue weighted by Crippen LogP contribution is 2.19. The number of benzene rings is 2. The van der Waals surface area contributed by atoms with E-state index in [-0.39, 0.29) is 22.9 Å². The molecule has 0 heterocycles. The number of amides is 1. The van der Waals surface area contributed by atoms with Crippen LogP contribution in [0, 0.1) is 5.92 Å². The lowest BCUT2D eigenvalue weighted by molar-refractivity contribution is -0.718. The lowest BCUT2D eigenvalue weighted by Gasteiger charge is -2.23. The third kappa shape index (κ3) is 5.89. The number of nitrogens with one attached hydrogen (secondary N) is 1. The van der Waals surface area contributed by atoms with Gasteiger partial charge in [-0.3, -0.25) is 4.79 Å². The van der Waals surface area contributed by atoms with Crippen molar-refractivity contribution >= 4 is 21.6 Å². The van der Waals surface area contributed by atoms with Gasteiger partial charge in [-0.1, -0.05) is 45.0 Å². The van der Waals surface area contributed by atoms with E-state index in [0.717, 1.165) is 6.42 Å². The van der Waals surface area contributed by atoms with Crippen molar-refractivity contribution in [1.29, 1.82) is 0 Å². The molecular formula is C21H30N3O3S+. The molecule has 0 aliphatic carbocycles. The molecule has 0 unspecified atom stereocenters. The molecule has 0 aliphatic heterocycles. The van der Waals surface area contributed by atoms with Crippen LogP contribution < -0.4 is 15.8 Å². The van der Waals surface area contributed by atoms with Gasteiger partial charge in [-0.2, -0.15) is 0 Å². The van der Waals surface area contributed by atoms with Gasteiger partial charge in [0.05, 0.1) is 4.90 Å². The fourth-order valence-corrected chi connectivity index (χ4v) is 3.59. The van der Waals surface area contributed by atoms with Crippen molar-refractivity contribution < 1.29 is 18.5 Å². The number of nitrogens with two attached hydrogens (primary N) is 2. The van der Waals surface area contributed by atoms with Crippen molar-refractivity contribution in [3.8, 4) is 0 Å². The predicted molar refractivity (Wildman–Crippen MR) is 111 cm³/mol. The highest BCUT2D eigenvalue weighted by molar-refractivity contribution is 7.89. The normalized spacial score (nSPS) is 13.9. The van der Waals surface area contributed by atoms with E-state index >= 15 is 0 Å². The summed E-state index contributed by atoms with van der Waals surface area (Å²) in [6.07, 6.45) is 0.999. The zero-order valence-electron chi connectivity index (χ0n) is 16.8. The molecule has 28 heavy (non-hydrogen) atoms. The molecule has 2 atom stereocenters. The molecule has 152 valence electrons. The first-order valence-corrected chi connectivity index (χ1v) is 11.0. The maximum absolute atomic E-state index is 12.6. The van der Waals surface area contributed by atoms with Crippen LogP contribution in [-0.2, 0) is 21.2 Å². The van der Waals surface area contributed by atoms with Gasteiger partial charge in [-0.05, 0) is 43.2 Å². The summed E-state index contributed by atoms with van der Waals surface area (Å²) in [7, 11) is -3.74. The Hall–Kier alpha value is -2.22. The molecule has 0 bridgehead atoms. The molecule has 7 heteroatoms. The number of primary sulfonamides is 1. The average molecular weight is 405 g/mol. The second kappa shape index (κ2) is 9.32. The van der Waals surface area contributed by atoms with Crippen LogP contribution in [0.2, 0.25) is 0 Å². The second-order valence-corrected chi connectivity index (χ2v) is 8.97. The Balaban J connectivity index is 2.06. The van der Waals surface area contributed by atoms with E-state index in [1.807, 2.05) is 6.92 Å². The van der Waals surface area contributed by atoms with Crippen molar-refractivity contribution in [2.24, 2.45) is 11.1 Å². The monoisotopic (exact) mass is 404 g/mol. The highest BCUT2D eigenvalue weighted by atomic mass is 32.2. The molecule has 0 aromatic heterocycles. The molecule has 0 spiro atoms. The number of carbonyl (C=O) groups is 1. The van der Waals surface area contributed by atoms with Crippen LogP contribution in [0.5, 0.6) is 0 Å². The van der Waals surface area contributed by atoms with E-state index in [9.17, 15) is 13.2 Å². The van der Waals surface area contributed by atoms with Gasteiger partial charge in [0.25, 0.3) is 5.91 Å². The topological polar surface area (TPSA) is 106 Å². The molecule has 0 saturated heterocycles. The van der Waals surface area contributed by atoms with E-state index < -0.39 is 10.0 Å². The molecule has 0 fully saturated rings. The van der Waals surface area contributed by atoms with Crippen LogP contribution in [0.1, 0.15) is 44.9 Å². The number of rotatable bonds is 8. The SMILES string of the molecule is CCc1ccc([C@H]([NH2+][C@H](C)C(=O)Nc2ccc(S(N)(=O)=O)cc2)C(C)C)cc1. The van der Waals surface area contributed by atoms with Crippen LogP contribution in [-0.4, -0.2) is 20.4 Å². The number of quaternary nitrogens is 1. The fraction of sp³-hybridized carbons (Fsp3) is 0.381. The molecule has 2 aromatic rings. The third-order valence-corrected chi connectivity index (χ3v) is 5.78. The van der Waals surface area contributed by atoms with Crippen LogP contribution in [0.4, 0.5) is 5.69 Å². The summed E-state index contributed by atoms with van der Waals surface area (Å²) in [6.45, 7) is 8.28. The Morgan fingerprint density at radius 3 is 2.07 bits per heavy atom. The van der Waals surface area contributed by atoms with Gasteiger partial charge in [0, 0.05) is 17.2 Å². The summed E-state index contributed by atoms with van der Waals surface area (Å²) in [5.41, 5.74) is 3.02. The maximum atomic E-state index is 12.6. The number of sulfonamides is 1. The zero-order chi connectivity index (χ0) is 20.9. The fourth-order valence-electron chi connectivity index (χ4n) is 3.08. The molecule has 5 N–H and O–H groups in total. The van der Waals surface area contributed by atoms with Crippen LogP contribution >= 0.6 is 0 Å². The summed E-state index contributed by atoms with van der Waals surface area (Å²) in [4.78, 5) is 12.6. The van der Waals surface area contributed by atoms with Gasteiger partial charge in [-0.15, -0.1) is 0 Å². The van der Waals surface area contributed by atoms with E-state index in [1.54, 1.807) is 0 Å². The standard InChI is InChI=1S/C21H29N3O3S/c1-5-16-6-8-17(9-7-16)20(14(2)3)23-15(4)21(25)24-18-10-12-19(13-11-18)28(22,26)27/h6-15,20,23H,5H2,1-4H3,(H,24,25)(H2,22,26,27)/p+1/t15-,20-/m1/s1. The van der Waals surface area contributed by atoms with Crippen molar-refractivity contribution in [3.63, 3.8) is 0 Å². The molecule has 0 aliphatic rings. The second-order valence-electron chi connectivity index (χ2n) is 7.40. The van der Waals surface area contributed by atoms with Gasteiger partial charge < -0.3 is 10.6 Å². The van der Waals surface area contributed by atoms with Gasteiger partial charge in [0.15, 0.2) is 6.04 Å². The van der Waals surface area contributed by atoms with Gasteiger partial charge in [0.1, 0.15) is 6.04 Å². The number of anilines is 1. The quantitative estimate of drug-likeness (QED) is 0.628. The molecule has 1 amide bonds. The summed E-state index contributed by atoms with van der Waals surface area (Å²) in [5.74, 6) is 0.218.